The quantitative estimate of drug-likeness (QED) is 0.430. The Balaban J connectivity index is 1.70. The van der Waals surface area contributed by atoms with E-state index in [1.807, 2.05) is 0 Å². The van der Waals surface area contributed by atoms with E-state index in [9.17, 15) is 9.59 Å². The number of rotatable bonds is 4. The van der Waals surface area contributed by atoms with Gasteiger partial charge in [0.15, 0.2) is 23.9 Å². The number of benzene rings is 2. The summed E-state index contributed by atoms with van der Waals surface area (Å²) in [6.45, 7) is 0.391. The van der Waals surface area contributed by atoms with Crippen LogP contribution in [0.25, 0.3) is 0 Å². The Morgan fingerprint density at radius 2 is 1.64 bits per heavy atom. The fraction of sp³-hybridized carbons (Fsp3) is 0.176. The molecule has 0 N–H and O–H groups in total. The summed E-state index contributed by atoms with van der Waals surface area (Å²) in [7, 11) is 0. The Bertz CT molecular complexity index is 850. The predicted molar refractivity (Wildman–Crippen MR) is 93.5 cm³/mol. The van der Waals surface area contributed by atoms with Crippen molar-refractivity contribution in [2.45, 2.75) is 0 Å². The lowest BCUT2D eigenvalue weighted by Crippen LogP contribution is -2.17. The summed E-state index contributed by atoms with van der Waals surface area (Å²) in [4.78, 5) is 24.4. The van der Waals surface area contributed by atoms with Crippen LogP contribution < -0.4 is 9.47 Å². The molecule has 25 heavy (non-hydrogen) atoms. The highest BCUT2D eigenvalue weighted by atomic mass is 35.5. The molecule has 0 bridgehead atoms. The van der Waals surface area contributed by atoms with Gasteiger partial charge in [-0.3, -0.25) is 4.79 Å². The molecule has 0 aromatic heterocycles. The average molecular weight is 402 g/mol. The third kappa shape index (κ3) is 3.84. The SMILES string of the molecule is O=C(COC(=O)c1c(Cl)ccc(Cl)c1Cl)c1ccc2c(c1)OCCO2. The van der Waals surface area contributed by atoms with Crippen LogP contribution in [-0.4, -0.2) is 31.6 Å². The number of hydrogen-bond acceptors (Lipinski definition) is 5. The minimum Gasteiger partial charge on any atom is -0.486 e. The lowest BCUT2D eigenvalue weighted by Gasteiger charge is -2.18. The highest BCUT2D eigenvalue weighted by Gasteiger charge is 2.21. The van der Waals surface area contributed by atoms with Crippen molar-refractivity contribution in [1.29, 1.82) is 0 Å². The number of esters is 1. The van der Waals surface area contributed by atoms with Crippen LogP contribution in [0.2, 0.25) is 15.1 Å². The van der Waals surface area contributed by atoms with Crippen molar-refractivity contribution >= 4 is 46.6 Å². The first kappa shape index (κ1) is 17.9. The summed E-state index contributed by atoms with van der Waals surface area (Å²) < 4.78 is 15.8. The maximum atomic E-state index is 12.2. The number of ketones is 1. The molecule has 130 valence electrons. The smallest absolute Gasteiger partial charge is 0.341 e. The van der Waals surface area contributed by atoms with Crippen molar-refractivity contribution in [3.63, 3.8) is 0 Å². The van der Waals surface area contributed by atoms with Gasteiger partial charge in [-0.2, -0.15) is 0 Å². The van der Waals surface area contributed by atoms with E-state index in [0.29, 0.717) is 30.3 Å². The van der Waals surface area contributed by atoms with Crippen molar-refractivity contribution in [2.75, 3.05) is 19.8 Å². The van der Waals surface area contributed by atoms with Crippen LogP contribution in [0.15, 0.2) is 30.3 Å². The first-order valence-corrected chi connectivity index (χ1v) is 8.34. The van der Waals surface area contributed by atoms with Gasteiger partial charge in [-0.25, -0.2) is 4.79 Å². The number of ether oxygens (including phenoxy) is 3. The number of Topliss-reactive ketones (excluding diaryl/α,β-unsaturated/α-hetero) is 1. The van der Waals surface area contributed by atoms with Gasteiger partial charge in [-0.1, -0.05) is 34.8 Å². The summed E-state index contributed by atoms with van der Waals surface area (Å²) >= 11 is 17.8. The number of hydrogen-bond donors (Lipinski definition) is 0. The zero-order chi connectivity index (χ0) is 18.0. The summed E-state index contributed by atoms with van der Waals surface area (Å²) in [5.74, 6) is -0.190. The Labute approximate surface area is 158 Å². The predicted octanol–water partition coefficient (Wildman–Crippen LogP) is 4.46. The van der Waals surface area contributed by atoms with Crippen molar-refractivity contribution < 1.29 is 23.8 Å². The van der Waals surface area contributed by atoms with Gasteiger partial charge in [0.1, 0.15) is 13.2 Å². The molecular weight excluding hydrogens is 391 g/mol. The largest absolute Gasteiger partial charge is 0.486 e. The molecule has 2 aromatic carbocycles. The van der Waals surface area contributed by atoms with E-state index in [2.05, 4.69) is 0 Å². The van der Waals surface area contributed by atoms with Gasteiger partial charge in [0.05, 0.1) is 20.6 Å². The van der Waals surface area contributed by atoms with Crippen LogP contribution in [0.1, 0.15) is 20.7 Å². The van der Waals surface area contributed by atoms with Crippen LogP contribution in [0.4, 0.5) is 0 Å². The Hall–Kier alpha value is -1.95. The molecule has 0 saturated heterocycles. The normalized spacial score (nSPS) is 12.6. The van der Waals surface area contributed by atoms with Gasteiger partial charge < -0.3 is 14.2 Å². The molecule has 8 heteroatoms. The molecule has 0 saturated carbocycles. The van der Waals surface area contributed by atoms with Gasteiger partial charge in [0.25, 0.3) is 0 Å². The molecule has 1 heterocycles. The third-order valence-electron chi connectivity index (χ3n) is 3.45. The summed E-state index contributed by atoms with van der Waals surface area (Å²) in [5, 5.41) is 0.230. The topological polar surface area (TPSA) is 61.8 Å². The van der Waals surface area contributed by atoms with E-state index < -0.39 is 18.4 Å². The number of fused-ring (bicyclic) bond motifs is 1. The Morgan fingerprint density at radius 3 is 2.40 bits per heavy atom. The van der Waals surface area contributed by atoms with Crippen molar-refractivity contribution in [3.8, 4) is 11.5 Å². The van der Waals surface area contributed by atoms with Gasteiger partial charge in [-0.05, 0) is 30.3 Å². The third-order valence-corrected chi connectivity index (χ3v) is 4.57. The highest BCUT2D eigenvalue weighted by Crippen LogP contribution is 2.32. The van der Waals surface area contributed by atoms with E-state index in [0.717, 1.165) is 0 Å². The van der Waals surface area contributed by atoms with Crippen LogP contribution in [0.3, 0.4) is 0 Å². The molecule has 5 nitrogen and oxygen atoms in total. The molecule has 0 unspecified atom stereocenters. The van der Waals surface area contributed by atoms with E-state index >= 15 is 0 Å². The molecule has 1 aliphatic heterocycles. The molecule has 3 rings (SSSR count). The van der Waals surface area contributed by atoms with Gasteiger partial charge >= 0.3 is 5.97 Å². The van der Waals surface area contributed by atoms with E-state index in [-0.39, 0.29) is 20.6 Å². The first-order chi connectivity index (χ1) is 12.0. The molecule has 0 radical (unpaired) electrons. The van der Waals surface area contributed by atoms with Crippen molar-refractivity contribution in [3.05, 3.63) is 56.5 Å². The second-order valence-corrected chi connectivity index (χ2v) is 6.27. The average Bonchev–Trinajstić information content (AvgIpc) is 2.62. The number of carbonyl (C=O) groups excluding carboxylic acids is 2. The van der Waals surface area contributed by atoms with Gasteiger partial charge in [0, 0.05) is 5.56 Å². The summed E-state index contributed by atoms with van der Waals surface area (Å²) in [6.07, 6.45) is 0. The van der Waals surface area contributed by atoms with Gasteiger partial charge in [0.2, 0.25) is 0 Å². The fourth-order valence-electron chi connectivity index (χ4n) is 2.22. The molecule has 0 aliphatic carbocycles. The second kappa shape index (κ2) is 7.52. The minimum atomic E-state index is -0.830. The molecule has 0 amide bonds. The van der Waals surface area contributed by atoms with Crippen molar-refractivity contribution in [1.82, 2.24) is 0 Å². The minimum absolute atomic E-state index is 0.0223. The lowest BCUT2D eigenvalue weighted by molar-refractivity contribution is 0.0475. The number of halogens is 3. The molecule has 0 spiro atoms. The molecule has 1 aliphatic rings. The number of carbonyl (C=O) groups is 2. The van der Waals surface area contributed by atoms with E-state index in [4.69, 9.17) is 49.0 Å². The summed E-state index contributed by atoms with van der Waals surface area (Å²) in [5.41, 5.74) is 0.256. The summed E-state index contributed by atoms with van der Waals surface area (Å²) in [6, 6.07) is 7.64. The lowest BCUT2D eigenvalue weighted by atomic mass is 10.1. The molecular formula is C17H11Cl3O5. The van der Waals surface area contributed by atoms with Crippen LogP contribution in [0.5, 0.6) is 11.5 Å². The van der Waals surface area contributed by atoms with E-state index in [1.54, 1.807) is 18.2 Å². The second-order valence-electron chi connectivity index (χ2n) is 5.08. The van der Waals surface area contributed by atoms with E-state index in [1.165, 1.54) is 12.1 Å². The monoisotopic (exact) mass is 400 g/mol. The van der Waals surface area contributed by atoms with Crippen LogP contribution in [-0.2, 0) is 4.74 Å². The van der Waals surface area contributed by atoms with Crippen molar-refractivity contribution in [2.24, 2.45) is 0 Å². The molecule has 0 fully saturated rings. The zero-order valence-electron chi connectivity index (χ0n) is 12.7. The maximum Gasteiger partial charge on any atom is 0.341 e. The Morgan fingerprint density at radius 1 is 0.960 bits per heavy atom. The first-order valence-electron chi connectivity index (χ1n) is 7.21. The Kier molecular flexibility index (Phi) is 5.37. The van der Waals surface area contributed by atoms with Gasteiger partial charge in [-0.15, -0.1) is 0 Å². The standard InChI is InChI=1S/C17H11Cl3O5/c18-10-2-3-11(19)16(20)15(10)17(22)25-8-12(21)9-1-4-13-14(7-9)24-6-5-23-13/h1-4,7H,5-6,8H2. The van der Waals surface area contributed by atoms with Crippen LogP contribution in [0, 0.1) is 0 Å². The highest BCUT2D eigenvalue weighted by molar-refractivity contribution is 6.46. The van der Waals surface area contributed by atoms with Crippen LogP contribution >= 0.6 is 34.8 Å². The zero-order valence-corrected chi connectivity index (χ0v) is 15.0. The fourth-order valence-corrected chi connectivity index (χ4v) is 2.90. The molecule has 0 atom stereocenters. The molecule has 2 aromatic rings. The maximum absolute atomic E-state index is 12.2.